The Labute approximate surface area is 114 Å². The van der Waals surface area contributed by atoms with Crippen LogP contribution in [0.25, 0.3) is 0 Å². The van der Waals surface area contributed by atoms with Crippen LogP contribution in [0, 0.1) is 0 Å². The molecule has 0 radical (unpaired) electrons. The number of benzene rings is 1. The minimum absolute atomic E-state index is 0.183. The fraction of sp³-hybridized carbons (Fsp3) is 0.231. The van der Waals surface area contributed by atoms with Gasteiger partial charge in [-0.2, -0.15) is 0 Å². The van der Waals surface area contributed by atoms with Crippen molar-refractivity contribution < 1.29 is 14.3 Å². The molecule has 0 aliphatic carbocycles. The lowest BCUT2D eigenvalue weighted by atomic mass is 10.0. The maximum atomic E-state index is 12.3. The summed E-state index contributed by atoms with van der Waals surface area (Å²) in [5.41, 5.74) is 0.782. The van der Waals surface area contributed by atoms with Crippen LogP contribution in [-0.4, -0.2) is 23.8 Å². The average molecular weight is 280 g/mol. The number of carbonyl (C=O) groups is 2. The molecule has 1 aromatic carbocycles. The van der Waals surface area contributed by atoms with Gasteiger partial charge in [0.05, 0.1) is 16.9 Å². The van der Waals surface area contributed by atoms with Crippen molar-refractivity contribution >= 4 is 35.1 Å². The first-order valence-electron chi connectivity index (χ1n) is 5.33. The van der Waals surface area contributed by atoms with E-state index in [4.69, 9.17) is 4.74 Å². The van der Waals surface area contributed by atoms with Crippen LogP contribution in [0.3, 0.4) is 0 Å². The Kier molecular flexibility index (Phi) is 4.14. The highest BCUT2D eigenvalue weighted by Gasteiger charge is 2.26. The number of Topliss-reactive ketones (excluding diaryl/α,β-unsaturated/α-hetero) is 2. The molecule has 5 heteroatoms. The summed E-state index contributed by atoms with van der Waals surface area (Å²) in [6.07, 6.45) is 0. The predicted molar refractivity (Wildman–Crippen MR) is 75.1 cm³/mol. The molecule has 2 rings (SSSR count). The van der Waals surface area contributed by atoms with E-state index in [2.05, 4.69) is 0 Å². The second kappa shape index (κ2) is 5.63. The van der Waals surface area contributed by atoms with Gasteiger partial charge in [0.15, 0.2) is 11.6 Å². The van der Waals surface area contributed by atoms with Gasteiger partial charge >= 0.3 is 0 Å². The molecule has 0 unspecified atom stereocenters. The van der Waals surface area contributed by atoms with Crippen molar-refractivity contribution in [2.45, 2.75) is 6.92 Å². The largest absolute Gasteiger partial charge is 0.497 e. The maximum Gasteiger partial charge on any atom is 0.198 e. The van der Waals surface area contributed by atoms with E-state index < -0.39 is 0 Å². The number of ketones is 2. The molecule has 0 amide bonds. The number of rotatable bonds is 4. The van der Waals surface area contributed by atoms with Gasteiger partial charge in [0.1, 0.15) is 5.75 Å². The van der Waals surface area contributed by atoms with Crippen molar-refractivity contribution in [2.24, 2.45) is 0 Å². The number of methoxy groups -OCH3 is 1. The van der Waals surface area contributed by atoms with E-state index in [-0.39, 0.29) is 11.6 Å². The zero-order chi connectivity index (χ0) is 13.1. The summed E-state index contributed by atoms with van der Waals surface area (Å²) < 4.78 is 5.91. The van der Waals surface area contributed by atoms with Crippen LogP contribution >= 0.6 is 23.5 Å². The van der Waals surface area contributed by atoms with Crippen molar-refractivity contribution in [3.8, 4) is 5.75 Å². The van der Waals surface area contributed by atoms with E-state index in [0.717, 1.165) is 9.32 Å². The first-order valence-corrected chi connectivity index (χ1v) is 7.30. The van der Waals surface area contributed by atoms with Gasteiger partial charge < -0.3 is 4.74 Å². The lowest BCUT2D eigenvalue weighted by Gasteiger charge is -2.18. The monoisotopic (exact) mass is 280 g/mol. The molecule has 1 aliphatic rings. The van der Waals surface area contributed by atoms with Crippen LogP contribution in [0.15, 0.2) is 34.1 Å². The molecule has 0 saturated carbocycles. The minimum Gasteiger partial charge on any atom is -0.497 e. The Morgan fingerprint density at radius 1 is 1.28 bits per heavy atom. The van der Waals surface area contributed by atoms with Crippen molar-refractivity contribution in [1.29, 1.82) is 0 Å². The predicted octanol–water partition coefficient (Wildman–Crippen LogP) is 3.12. The van der Waals surface area contributed by atoms with Gasteiger partial charge in [-0.15, -0.1) is 23.5 Å². The maximum absolute atomic E-state index is 12.3. The summed E-state index contributed by atoms with van der Waals surface area (Å²) in [7, 11) is 1.55. The summed E-state index contributed by atoms with van der Waals surface area (Å²) in [6.45, 7) is 1.43. The molecular weight excluding hydrogens is 268 g/mol. The fourth-order valence-electron chi connectivity index (χ4n) is 1.57. The van der Waals surface area contributed by atoms with Crippen LogP contribution in [0.1, 0.15) is 17.3 Å². The van der Waals surface area contributed by atoms with Gasteiger partial charge in [0.2, 0.25) is 0 Å². The lowest BCUT2D eigenvalue weighted by molar-refractivity contribution is -0.113. The molecule has 1 saturated heterocycles. The number of carbonyl (C=O) groups excluding carboxylic acids is 2. The van der Waals surface area contributed by atoms with Crippen LogP contribution in [0.4, 0.5) is 0 Å². The second-order valence-electron chi connectivity index (χ2n) is 3.69. The molecule has 18 heavy (non-hydrogen) atoms. The Hall–Kier alpha value is -1.20. The quantitative estimate of drug-likeness (QED) is 0.367. The zero-order valence-corrected chi connectivity index (χ0v) is 11.7. The highest BCUT2D eigenvalue weighted by molar-refractivity contribution is 8.37. The van der Waals surface area contributed by atoms with E-state index in [1.165, 1.54) is 6.92 Å². The molecule has 1 fully saturated rings. The summed E-state index contributed by atoms with van der Waals surface area (Å²) in [5.74, 6) is 0.205. The molecule has 1 heterocycles. The van der Waals surface area contributed by atoms with Crippen LogP contribution in [0.5, 0.6) is 5.75 Å². The normalized spacial score (nSPS) is 13.8. The first kappa shape index (κ1) is 13.2. The lowest BCUT2D eigenvalue weighted by Crippen LogP contribution is -2.14. The topological polar surface area (TPSA) is 43.4 Å². The van der Waals surface area contributed by atoms with Gasteiger partial charge in [-0.25, -0.2) is 0 Å². The Morgan fingerprint density at radius 3 is 2.50 bits per heavy atom. The molecule has 0 spiro atoms. The molecule has 0 atom stereocenters. The molecular formula is C13H12O3S2. The van der Waals surface area contributed by atoms with Crippen LogP contribution < -0.4 is 4.74 Å². The van der Waals surface area contributed by atoms with Gasteiger partial charge in [-0.1, -0.05) is 12.1 Å². The Balaban J connectivity index is 2.37. The fourth-order valence-corrected chi connectivity index (χ4v) is 3.27. The van der Waals surface area contributed by atoms with Crippen molar-refractivity contribution in [3.05, 3.63) is 39.6 Å². The summed E-state index contributed by atoms with van der Waals surface area (Å²) in [4.78, 5) is 23.9. The Morgan fingerprint density at radius 2 is 2.00 bits per heavy atom. The van der Waals surface area contributed by atoms with Crippen LogP contribution in [-0.2, 0) is 4.79 Å². The van der Waals surface area contributed by atoms with E-state index >= 15 is 0 Å². The van der Waals surface area contributed by atoms with E-state index in [1.54, 1.807) is 54.9 Å². The summed E-state index contributed by atoms with van der Waals surface area (Å²) >= 11 is 3.09. The van der Waals surface area contributed by atoms with Crippen molar-refractivity contribution in [1.82, 2.24) is 0 Å². The van der Waals surface area contributed by atoms with E-state index in [0.29, 0.717) is 16.9 Å². The molecule has 0 bridgehead atoms. The van der Waals surface area contributed by atoms with Crippen LogP contribution in [0.2, 0.25) is 0 Å². The number of ether oxygens (including phenoxy) is 1. The third-order valence-electron chi connectivity index (χ3n) is 2.50. The molecule has 94 valence electrons. The zero-order valence-electron chi connectivity index (χ0n) is 10.1. The van der Waals surface area contributed by atoms with Crippen molar-refractivity contribution in [3.63, 3.8) is 0 Å². The standard InChI is InChI=1S/C13H12O3S2/c1-8(14)11(13-17-7-18-13)12(15)9-4-3-5-10(6-9)16-2/h3-6H,7H2,1-2H3. The highest BCUT2D eigenvalue weighted by atomic mass is 32.3. The van der Waals surface area contributed by atoms with Gasteiger partial charge in [-0.05, 0) is 19.1 Å². The molecule has 1 aromatic rings. The second-order valence-corrected chi connectivity index (χ2v) is 6.28. The van der Waals surface area contributed by atoms with Gasteiger partial charge in [0.25, 0.3) is 0 Å². The third-order valence-corrected chi connectivity index (χ3v) is 5.08. The molecule has 1 aliphatic heterocycles. The van der Waals surface area contributed by atoms with E-state index in [1.807, 2.05) is 0 Å². The number of hydrogen-bond acceptors (Lipinski definition) is 5. The minimum atomic E-state index is -0.226. The summed E-state index contributed by atoms with van der Waals surface area (Å²) in [5, 5.41) is 0.900. The first-order chi connectivity index (χ1) is 8.63. The number of allylic oxidation sites excluding steroid dienone is 1. The number of thioether (sulfide) groups is 2. The molecule has 0 N–H and O–H groups in total. The smallest absolute Gasteiger partial charge is 0.198 e. The van der Waals surface area contributed by atoms with Gasteiger partial charge in [-0.3, -0.25) is 9.59 Å². The highest BCUT2D eigenvalue weighted by Crippen LogP contribution is 2.46. The third kappa shape index (κ3) is 2.62. The SMILES string of the molecule is COc1cccc(C(=O)C(C(C)=O)=C2SCS2)c1. The number of hydrogen-bond donors (Lipinski definition) is 0. The van der Waals surface area contributed by atoms with Gasteiger partial charge in [0, 0.05) is 10.6 Å². The van der Waals surface area contributed by atoms with Crippen molar-refractivity contribution in [2.75, 3.05) is 12.2 Å². The van der Waals surface area contributed by atoms with E-state index in [9.17, 15) is 9.59 Å². The average Bonchev–Trinajstić information content (AvgIpc) is 2.32. The Bertz CT molecular complexity index is 529. The molecule has 3 nitrogen and oxygen atoms in total. The summed E-state index contributed by atoms with van der Waals surface area (Å²) in [6, 6.07) is 6.86. The molecule has 0 aromatic heterocycles.